The van der Waals surface area contributed by atoms with Crippen LogP contribution in [0.5, 0.6) is 0 Å². The first-order valence-electron chi connectivity index (χ1n) is 8.81. The first-order chi connectivity index (χ1) is 9.80. The highest BCUT2D eigenvalue weighted by Gasteiger charge is 2.30. The summed E-state index contributed by atoms with van der Waals surface area (Å²) in [6.45, 7) is 16.9. The molecule has 1 heterocycles. The van der Waals surface area contributed by atoms with Gasteiger partial charge in [0.2, 0.25) is 0 Å². The maximum Gasteiger partial charge on any atom is 0.0469 e. The summed E-state index contributed by atoms with van der Waals surface area (Å²) in [6, 6.07) is 0. The zero-order chi connectivity index (χ0) is 15.9. The molecule has 1 N–H and O–H groups in total. The van der Waals surface area contributed by atoms with E-state index < -0.39 is 0 Å². The van der Waals surface area contributed by atoms with Crippen LogP contribution in [0.25, 0.3) is 0 Å². The van der Waals surface area contributed by atoms with Crippen molar-refractivity contribution in [2.75, 3.05) is 39.9 Å². The molecule has 1 aliphatic rings. The largest absolute Gasteiger partial charge is 0.381 e. The molecule has 0 unspecified atom stereocenters. The van der Waals surface area contributed by atoms with E-state index in [1.807, 2.05) is 0 Å². The predicted octanol–water partition coefficient (Wildman–Crippen LogP) is 3.54. The van der Waals surface area contributed by atoms with Gasteiger partial charge in [0, 0.05) is 38.4 Å². The van der Waals surface area contributed by atoms with E-state index in [-0.39, 0.29) is 5.54 Å². The molecule has 0 radical (unpaired) electrons. The lowest BCUT2D eigenvalue weighted by Crippen LogP contribution is -2.48. The first-order valence-corrected chi connectivity index (χ1v) is 8.81. The van der Waals surface area contributed by atoms with Crippen molar-refractivity contribution in [2.24, 2.45) is 11.3 Å². The summed E-state index contributed by atoms with van der Waals surface area (Å²) in [7, 11) is 2.30. The molecule has 0 aromatic heterocycles. The second-order valence-corrected chi connectivity index (χ2v) is 8.06. The Morgan fingerprint density at radius 1 is 1.10 bits per heavy atom. The fourth-order valence-corrected chi connectivity index (χ4v) is 3.24. The Hall–Kier alpha value is -0.120. The molecular weight excluding hydrogens is 260 g/mol. The molecule has 1 fully saturated rings. The van der Waals surface area contributed by atoms with Crippen molar-refractivity contribution in [1.82, 2.24) is 10.2 Å². The van der Waals surface area contributed by atoms with Crippen LogP contribution in [-0.4, -0.2) is 50.3 Å². The number of nitrogens with one attached hydrogen (secondary N) is 1. The smallest absolute Gasteiger partial charge is 0.0469 e. The SMILES string of the molecule is CCC(CC)(CNC(C)(C)C)CN(C)CC1CCOCC1. The fourth-order valence-electron chi connectivity index (χ4n) is 3.24. The van der Waals surface area contributed by atoms with E-state index >= 15 is 0 Å². The lowest BCUT2D eigenvalue weighted by Gasteiger charge is -2.39. The van der Waals surface area contributed by atoms with Gasteiger partial charge in [0.05, 0.1) is 0 Å². The maximum absolute atomic E-state index is 5.47. The zero-order valence-electron chi connectivity index (χ0n) is 15.3. The summed E-state index contributed by atoms with van der Waals surface area (Å²) in [4.78, 5) is 2.56. The molecule has 0 saturated carbocycles. The van der Waals surface area contributed by atoms with Gasteiger partial charge in [-0.25, -0.2) is 0 Å². The van der Waals surface area contributed by atoms with E-state index in [2.05, 4.69) is 51.9 Å². The van der Waals surface area contributed by atoms with Crippen LogP contribution in [0.1, 0.15) is 60.3 Å². The number of nitrogens with zero attached hydrogens (tertiary/aromatic N) is 1. The van der Waals surface area contributed by atoms with Crippen LogP contribution in [-0.2, 0) is 4.74 Å². The van der Waals surface area contributed by atoms with Crippen molar-refractivity contribution >= 4 is 0 Å². The zero-order valence-corrected chi connectivity index (χ0v) is 15.3. The predicted molar refractivity (Wildman–Crippen MR) is 91.8 cm³/mol. The Balaban J connectivity index is 2.50. The third-order valence-electron chi connectivity index (χ3n) is 5.01. The van der Waals surface area contributed by atoms with Gasteiger partial charge in [0.15, 0.2) is 0 Å². The van der Waals surface area contributed by atoms with Crippen LogP contribution in [0.15, 0.2) is 0 Å². The Labute approximate surface area is 132 Å². The summed E-state index contributed by atoms with van der Waals surface area (Å²) in [5, 5.41) is 3.73. The average molecular weight is 299 g/mol. The monoisotopic (exact) mass is 298 g/mol. The molecule has 0 spiro atoms. The molecule has 0 aromatic carbocycles. The van der Waals surface area contributed by atoms with Crippen LogP contribution in [0.3, 0.4) is 0 Å². The third kappa shape index (κ3) is 7.12. The molecule has 3 heteroatoms. The molecule has 3 nitrogen and oxygen atoms in total. The van der Waals surface area contributed by atoms with Crippen molar-refractivity contribution in [2.45, 2.75) is 65.8 Å². The van der Waals surface area contributed by atoms with Crippen molar-refractivity contribution in [3.63, 3.8) is 0 Å². The van der Waals surface area contributed by atoms with Crippen LogP contribution < -0.4 is 5.32 Å². The highest BCUT2D eigenvalue weighted by atomic mass is 16.5. The van der Waals surface area contributed by atoms with Crippen LogP contribution in [0.2, 0.25) is 0 Å². The van der Waals surface area contributed by atoms with Gasteiger partial charge in [0.25, 0.3) is 0 Å². The second-order valence-electron chi connectivity index (χ2n) is 8.06. The molecule has 0 amide bonds. The van der Waals surface area contributed by atoms with E-state index in [0.29, 0.717) is 5.41 Å². The molecule has 0 aromatic rings. The molecule has 21 heavy (non-hydrogen) atoms. The van der Waals surface area contributed by atoms with E-state index in [0.717, 1.165) is 25.7 Å². The van der Waals surface area contributed by atoms with Gasteiger partial charge in [-0.05, 0) is 64.8 Å². The Bertz CT molecular complexity index is 275. The van der Waals surface area contributed by atoms with Crippen LogP contribution in [0, 0.1) is 11.3 Å². The summed E-state index contributed by atoms with van der Waals surface area (Å²) >= 11 is 0. The molecule has 1 rings (SSSR count). The summed E-state index contributed by atoms with van der Waals surface area (Å²) in [5.41, 5.74) is 0.599. The molecule has 0 aliphatic carbocycles. The fraction of sp³-hybridized carbons (Fsp3) is 1.00. The summed E-state index contributed by atoms with van der Waals surface area (Å²) in [5.74, 6) is 0.825. The molecule has 1 saturated heterocycles. The van der Waals surface area contributed by atoms with Gasteiger partial charge in [0.1, 0.15) is 0 Å². The van der Waals surface area contributed by atoms with Gasteiger partial charge in [-0.1, -0.05) is 13.8 Å². The summed E-state index contributed by atoms with van der Waals surface area (Å²) < 4.78 is 5.47. The average Bonchev–Trinajstić information content (AvgIpc) is 2.44. The normalized spacial score (nSPS) is 18.4. The van der Waals surface area contributed by atoms with Crippen molar-refractivity contribution in [3.8, 4) is 0 Å². The van der Waals surface area contributed by atoms with Gasteiger partial charge in [-0.2, -0.15) is 0 Å². The molecular formula is C18H38N2O. The molecule has 0 atom stereocenters. The maximum atomic E-state index is 5.47. The Morgan fingerprint density at radius 2 is 1.67 bits per heavy atom. The molecule has 126 valence electrons. The van der Waals surface area contributed by atoms with Crippen molar-refractivity contribution < 1.29 is 4.74 Å². The van der Waals surface area contributed by atoms with E-state index in [1.165, 1.54) is 38.8 Å². The number of hydrogen-bond acceptors (Lipinski definition) is 3. The standard InChI is InChI=1S/C18H38N2O/c1-7-18(8-2,14-19-17(3,4)5)15-20(6)13-16-9-11-21-12-10-16/h16,19H,7-15H2,1-6H3. The van der Waals surface area contributed by atoms with Gasteiger partial charge in [-0.3, -0.25) is 0 Å². The van der Waals surface area contributed by atoms with E-state index in [1.54, 1.807) is 0 Å². The lowest BCUT2D eigenvalue weighted by atomic mass is 9.80. The molecule has 1 aliphatic heterocycles. The first kappa shape index (κ1) is 18.9. The van der Waals surface area contributed by atoms with E-state index in [4.69, 9.17) is 4.74 Å². The minimum atomic E-state index is 0.203. The van der Waals surface area contributed by atoms with Crippen molar-refractivity contribution in [1.29, 1.82) is 0 Å². The topological polar surface area (TPSA) is 24.5 Å². The van der Waals surface area contributed by atoms with Crippen LogP contribution in [0.4, 0.5) is 0 Å². The Morgan fingerprint density at radius 3 is 2.14 bits per heavy atom. The minimum Gasteiger partial charge on any atom is -0.381 e. The highest BCUT2D eigenvalue weighted by Crippen LogP contribution is 2.28. The van der Waals surface area contributed by atoms with Gasteiger partial charge in [-0.15, -0.1) is 0 Å². The van der Waals surface area contributed by atoms with E-state index in [9.17, 15) is 0 Å². The minimum absolute atomic E-state index is 0.203. The third-order valence-corrected chi connectivity index (χ3v) is 5.01. The number of hydrogen-bond donors (Lipinski definition) is 1. The quantitative estimate of drug-likeness (QED) is 0.742. The van der Waals surface area contributed by atoms with Crippen molar-refractivity contribution in [3.05, 3.63) is 0 Å². The lowest BCUT2D eigenvalue weighted by molar-refractivity contribution is 0.0476. The second kappa shape index (κ2) is 8.50. The number of rotatable bonds is 8. The van der Waals surface area contributed by atoms with Crippen LogP contribution >= 0.6 is 0 Å². The Kier molecular flexibility index (Phi) is 7.66. The highest BCUT2D eigenvalue weighted by molar-refractivity contribution is 4.86. The summed E-state index contributed by atoms with van der Waals surface area (Å²) in [6.07, 6.45) is 4.95. The molecule has 0 bridgehead atoms. The van der Waals surface area contributed by atoms with Gasteiger partial charge < -0.3 is 15.0 Å². The number of ether oxygens (including phenoxy) is 1. The van der Waals surface area contributed by atoms with Gasteiger partial charge >= 0.3 is 0 Å².